The highest BCUT2D eigenvalue weighted by molar-refractivity contribution is 6.13. The van der Waals surface area contributed by atoms with Crippen molar-refractivity contribution in [1.82, 2.24) is 4.90 Å². The lowest BCUT2D eigenvalue weighted by Gasteiger charge is -2.11. The fourth-order valence-electron chi connectivity index (χ4n) is 2.45. The molecule has 24 heavy (non-hydrogen) atoms. The third-order valence-electron chi connectivity index (χ3n) is 3.91. The highest BCUT2D eigenvalue weighted by atomic mass is 16.3. The first kappa shape index (κ1) is 18.0. The van der Waals surface area contributed by atoms with Gasteiger partial charge >= 0.3 is 0 Å². The zero-order chi connectivity index (χ0) is 17.5. The van der Waals surface area contributed by atoms with Crippen LogP contribution in [0.3, 0.4) is 0 Å². The van der Waals surface area contributed by atoms with E-state index in [2.05, 4.69) is 30.0 Å². The second kappa shape index (κ2) is 8.46. The average Bonchev–Trinajstić information content (AvgIpc) is 2.56. The Balaban J connectivity index is 2.41. The van der Waals surface area contributed by atoms with Gasteiger partial charge in [0.05, 0.1) is 12.3 Å². The van der Waals surface area contributed by atoms with E-state index in [9.17, 15) is 5.11 Å². The van der Waals surface area contributed by atoms with Crippen molar-refractivity contribution in [3.8, 4) is 5.75 Å². The van der Waals surface area contributed by atoms with Crippen LogP contribution in [0.5, 0.6) is 5.75 Å². The van der Waals surface area contributed by atoms with Crippen molar-refractivity contribution >= 4 is 11.3 Å². The third-order valence-corrected chi connectivity index (χ3v) is 3.91. The van der Waals surface area contributed by atoms with Crippen LogP contribution in [0.2, 0.25) is 0 Å². The summed E-state index contributed by atoms with van der Waals surface area (Å²) in [4.78, 5) is 6.90. The molecule has 0 aliphatic carbocycles. The molecular formula is C21H26N2O. The maximum Gasteiger partial charge on any atom is 0.116 e. The topological polar surface area (TPSA) is 35.8 Å². The van der Waals surface area contributed by atoms with Crippen molar-refractivity contribution in [3.05, 3.63) is 71.3 Å². The van der Waals surface area contributed by atoms with Gasteiger partial charge in [0.2, 0.25) is 0 Å². The monoisotopic (exact) mass is 322 g/mol. The molecule has 0 radical (unpaired) electrons. The highest BCUT2D eigenvalue weighted by Gasteiger charge is 2.07. The molecule has 0 saturated carbocycles. The van der Waals surface area contributed by atoms with Crippen LogP contribution < -0.4 is 0 Å². The number of aryl methyl sites for hydroxylation is 1. The molecule has 0 aromatic heterocycles. The predicted molar refractivity (Wildman–Crippen MR) is 103 cm³/mol. The van der Waals surface area contributed by atoms with Crippen LogP contribution in [0, 0.1) is 6.92 Å². The predicted octanol–water partition coefficient (Wildman–Crippen LogP) is 4.15. The van der Waals surface area contributed by atoms with Crippen LogP contribution in [-0.2, 0) is 0 Å². The number of likely N-dealkylation sites (N-methyl/N-ethyl adjacent to an activating group) is 1. The first-order valence-electron chi connectivity index (χ1n) is 8.20. The summed E-state index contributed by atoms with van der Waals surface area (Å²) in [7, 11) is 4.08. The van der Waals surface area contributed by atoms with Crippen LogP contribution in [0.25, 0.3) is 5.57 Å². The van der Waals surface area contributed by atoms with Crippen molar-refractivity contribution in [1.29, 1.82) is 0 Å². The molecule has 0 atom stereocenters. The lowest BCUT2D eigenvalue weighted by Crippen LogP contribution is -2.16. The van der Waals surface area contributed by atoms with Gasteiger partial charge in [0.1, 0.15) is 5.75 Å². The molecule has 0 aliphatic rings. The molecule has 0 heterocycles. The first-order chi connectivity index (χ1) is 11.5. The molecule has 0 amide bonds. The molecule has 0 unspecified atom stereocenters. The molecule has 3 nitrogen and oxygen atoms in total. The highest BCUT2D eigenvalue weighted by Crippen LogP contribution is 2.20. The Kier molecular flexibility index (Phi) is 6.33. The summed E-state index contributed by atoms with van der Waals surface area (Å²) < 4.78 is 0. The fraction of sp³-hybridized carbons (Fsp3) is 0.286. The first-order valence-corrected chi connectivity index (χ1v) is 8.20. The Morgan fingerprint density at radius 2 is 1.83 bits per heavy atom. The van der Waals surface area contributed by atoms with Crippen LogP contribution in [0.4, 0.5) is 0 Å². The van der Waals surface area contributed by atoms with Gasteiger partial charge in [-0.2, -0.15) is 0 Å². The van der Waals surface area contributed by atoms with Gasteiger partial charge in [-0.3, -0.25) is 4.99 Å². The van der Waals surface area contributed by atoms with Gasteiger partial charge in [0, 0.05) is 12.1 Å². The summed E-state index contributed by atoms with van der Waals surface area (Å²) in [5, 5.41) is 9.87. The van der Waals surface area contributed by atoms with Gasteiger partial charge in [-0.25, -0.2) is 0 Å². The molecule has 2 rings (SSSR count). The van der Waals surface area contributed by atoms with E-state index in [-0.39, 0.29) is 5.75 Å². The number of aromatic hydroxyl groups is 1. The number of hydrogen-bond acceptors (Lipinski definition) is 3. The minimum atomic E-state index is 0.265. The zero-order valence-corrected chi connectivity index (χ0v) is 15.0. The number of aliphatic imine (C=N–C) groups is 1. The van der Waals surface area contributed by atoms with Crippen LogP contribution in [-0.4, -0.2) is 42.9 Å². The molecule has 3 heteroatoms. The Bertz CT molecular complexity index is 731. The number of nitrogens with zero attached hydrogens (tertiary/aromatic N) is 2. The largest absolute Gasteiger partial charge is 0.508 e. The normalized spacial score (nSPS) is 12.7. The van der Waals surface area contributed by atoms with Crippen molar-refractivity contribution in [2.45, 2.75) is 13.8 Å². The second-order valence-electron chi connectivity index (χ2n) is 6.26. The van der Waals surface area contributed by atoms with E-state index in [1.165, 1.54) is 5.56 Å². The summed E-state index contributed by atoms with van der Waals surface area (Å²) in [6.45, 7) is 5.74. The molecular weight excluding hydrogens is 296 g/mol. The zero-order valence-electron chi connectivity index (χ0n) is 15.0. The van der Waals surface area contributed by atoms with Crippen molar-refractivity contribution < 1.29 is 5.11 Å². The van der Waals surface area contributed by atoms with Gasteiger partial charge < -0.3 is 10.0 Å². The molecule has 0 saturated heterocycles. The number of phenols is 1. The van der Waals surface area contributed by atoms with E-state index in [0.29, 0.717) is 0 Å². The van der Waals surface area contributed by atoms with E-state index in [1.807, 2.05) is 45.3 Å². The smallest absolute Gasteiger partial charge is 0.116 e. The van der Waals surface area contributed by atoms with E-state index in [1.54, 1.807) is 12.1 Å². The molecule has 126 valence electrons. The molecule has 0 spiro atoms. The third kappa shape index (κ3) is 5.07. The number of hydrogen-bond donors (Lipinski definition) is 1. The standard InChI is InChI=1S/C21H26N2O/c1-16-10-11-19(24)15-20(16)21(22-12-13-23(3)4)14-17(2)18-8-6-5-7-9-18/h5-11,14-15,24H,12-13H2,1-4H3/b17-14+,22-21?. The Morgan fingerprint density at radius 3 is 2.50 bits per heavy atom. The van der Waals surface area contributed by atoms with E-state index in [4.69, 9.17) is 4.99 Å². The van der Waals surface area contributed by atoms with Gasteiger partial charge in [-0.05, 0) is 62.9 Å². The fourth-order valence-corrected chi connectivity index (χ4v) is 2.45. The molecule has 2 aromatic rings. The molecule has 0 bridgehead atoms. The van der Waals surface area contributed by atoms with Gasteiger partial charge in [-0.1, -0.05) is 36.4 Å². The lowest BCUT2D eigenvalue weighted by atomic mass is 9.99. The summed E-state index contributed by atoms with van der Waals surface area (Å²) >= 11 is 0. The molecule has 2 aromatic carbocycles. The maximum absolute atomic E-state index is 9.87. The van der Waals surface area contributed by atoms with Gasteiger partial charge in [0.25, 0.3) is 0 Å². The Labute approximate surface area is 145 Å². The second-order valence-corrected chi connectivity index (χ2v) is 6.26. The van der Waals surface area contributed by atoms with Crippen molar-refractivity contribution in [3.63, 3.8) is 0 Å². The Morgan fingerprint density at radius 1 is 1.12 bits per heavy atom. The number of benzene rings is 2. The minimum absolute atomic E-state index is 0.265. The summed E-state index contributed by atoms with van der Waals surface area (Å²) in [5.41, 5.74) is 5.32. The minimum Gasteiger partial charge on any atom is -0.508 e. The van der Waals surface area contributed by atoms with Gasteiger partial charge in [-0.15, -0.1) is 0 Å². The van der Waals surface area contributed by atoms with E-state index < -0.39 is 0 Å². The summed E-state index contributed by atoms with van der Waals surface area (Å²) in [6.07, 6.45) is 2.10. The van der Waals surface area contributed by atoms with Crippen molar-refractivity contribution in [2.75, 3.05) is 27.2 Å². The van der Waals surface area contributed by atoms with E-state index in [0.717, 1.165) is 35.5 Å². The van der Waals surface area contributed by atoms with E-state index >= 15 is 0 Å². The molecule has 0 aliphatic heterocycles. The summed E-state index contributed by atoms with van der Waals surface area (Å²) in [6, 6.07) is 15.7. The van der Waals surface area contributed by atoms with Crippen LogP contribution in [0.1, 0.15) is 23.6 Å². The van der Waals surface area contributed by atoms with Gasteiger partial charge in [0.15, 0.2) is 0 Å². The molecule has 0 fully saturated rings. The lowest BCUT2D eigenvalue weighted by molar-refractivity contribution is 0.420. The quantitative estimate of drug-likeness (QED) is 0.811. The number of phenolic OH excluding ortho intramolecular Hbond substituents is 1. The van der Waals surface area contributed by atoms with Crippen LogP contribution >= 0.6 is 0 Å². The number of allylic oxidation sites excluding steroid dienone is 2. The summed E-state index contributed by atoms with van der Waals surface area (Å²) in [5.74, 6) is 0.265. The average molecular weight is 322 g/mol. The SMILES string of the molecule is C/C(=C\C(=NCCN(C)C)c1cc(O)ccc1C)c1ccccc1. The maximum atomic E-state index is 9.87. The Hall–Kier alpha value is -2.39. The molecule has 1 N–H and O–H groups in total. The number of rotatable bonds is 6. The van der Waals surface area contributed by atoms with Crippen LogP contribution in [0.15, 0.2) is 59.6 Å². The van der Waals surface area contributed by atoms with Crippen molar-refractivity contribution in [2.24, 2.45) is 4.99 Å².